The third-order valence-corrected chi connectivity index (χ3v) is 6.47. The predicted octanol–water partition coefficient (Wildman–Crippen LogP) is -0.103. The normalized spacial score (nSPS) is 12.2. The van der Waals surface area contributed by atoms with Crippen LogP contribution >= 0.6 is 0 Å². The summed E-state index contributed by atoms with van der Waals surface area (Å²) in [6, 6.07) is 32.6. The van der Waals surface area contributed by atoms with Crippen molar-refractivity contribution in [3.63, 3.8) is 0 Å². The zero-order valence-corrected chi connectivity index (χ0v) is 23.3. The topological polar surface area (TPSA) is 0 Å². The Morgan fingerprint density at radius 1 is 0.743 bits per heavy atom. The minimum absolute atomic E-state index is 0. The van der Waals surface area contributed by atoms with Crippen molar-refractivity contribution in [2.45, 2.75) is 13.3 Å². The van der Waals surface area contributed by atoms with Gasteiger partial charge in [0.2, 0.25) is 0 Å². The first kappa shape index (κ1) is 27.2. The molecule has 0 saturated carbocycles. The number of aryl methyl sites for hydroxylation is 1. The van der Waals surface area contributed by atoms with Gasteiger partial charge in [0.05, 0.1) is 0 Å². The summed E-state index contributed by atoms with van der Waals surface area (Å²) in [5.74, 6) is 0. The molecule has 6 rings (SSSR count). The van der Waals surface area contributed by atoms with Crippen LogP contribution in [0.2, 0.25) is 0 Å². The van der Waals surface area contributed by atoms with Crippen molar-refractivity contribution in [2.24, 2.45) is 0 Å². The summed E-state index contributed by atoms with van der Waals surface area (Å²) in [6.45, 7) is 2.26. The van der Waals surface area contributed by atoms with Gasteiger partial charge < -0.3 is 24.8 Å². The van der Waals surface area contributed by atoms with Crippen LogP contribution in [0.1, 0.15) is 34.2 Å². The Labute approximate surface area is 238 Å². The Kier molecular flexibility index (Phi) is 8.95. The quantitative estimate of drug-likeness (QED) is 0.267. The average Bonchev–Trinajstić information content (AvgIpc) is 3.49. The van der Waals surface area contributed by atoms with Crippen LogP contribution in [-0.4, -0.2) is 0 Å². The molecule has 0 spiro atoms. The standard InChI is InChI=1S/C32H23.2ClH.Zr/c1-22-20-28-27-19-11-10-18-26(27)21-29(28)32(25-16-8-9-17-25)30(22)31(23-12-4-2-5-13-23)24-14-6-3-7-15-24;;;/h2-16,18-20H,17H2,1H3;2*1H;/q-1;;;+3/p-2. The fraction of sp³-hybridized carbons (Fsp3) is 0.0625. The second-order valence-corrected chi connectivity index (χ2v) is 8.47. The molecule has 0 unspecified atom stereocenters. The molecule has 0 saturated heterocycles. The summed E-state index contributed by atoms with van der Waals surface area (Å²) in [6.07, 6.45) is 11.4. The van der Waals surface area contributed by atoms with Crippen LogP contribution in [-0.2, 0) is 26.2 Å². The molecule has 0 fully saturated rings. The van der Waals surface area contributed by atoms with Gasteiger partial charge >= 0.3 is 26.2 Å². The van der Waals surface area contributed by atoms with Crippen LogP contribution in [0.3, 0.4) is 0 Å². The molecule has 0 heterocycles. The molecule has 35 heavy (non-hydrogen) atoms. The molecular formula is C32H23Cl2Zr. The van der Waals surface area contributed by atoms with Crippen LogP contribution in [0.5, 0.6) is 0 Å². The first-order valence-electron chi connectivity index (χ1n) is 11.2. The first-order valence-corrected chi connectivity index (χ1v) is 11.2. The third-order valence-electron chi connectivity index (χ3n) is 6.47. The number of benzene rings is 4. The van der Waals surface area contributed by atoms with E-state index >= 15 is 0 Å². The molecule has 4 aromatic rings. The first-order chi connectivity index (χ1) is 15.8. The Balaban J connectivity index is 0.00000114. The second kappa shape index (κ2) is 11.5. The summed E-state index contributed by atoms with van der Waals surface area (Å²) >= 11 is 0. The minimum Gasteiger partial charge on any atom is -1.00 e. The van der Waals surface area contributed by atoms with Crippen LogP contribution in [0, 0.1) is 17.4 Å². The Morgan fingerprint density at radius 3 is 1.94 bits per heavy atom. The molecule has 1 radical (unpaired) electrons. The van der Waals surface area contributed by atoms with E-state index in [9.17, 15) is 0 Å². The van der Waals surface area contributed by atoms with Gasteiger partial charge in [-0.1, -0.05) is 120 Å². The van der Waals surface area contributed by atoms with Crippen molar-refractivity contribution in [3.05, 3.63) is 158 Å². The van der Waals surface area contributed by atoms with Gasteiger partial charge in [-0.05, 0) is 35.3 Å². The molecule has 0 aromatic heterocycles. The maximum Gasteiger partial charge on any atom is 3.00 e. The smallest absolute Gasteiger partial charge is 1.00 e. The van der Waals surface area contributed by atoms with E-state index in [1.54, 1.807) is 0 Å². The van der Waals surface area contributed by atoms with E-state index in [0.717, 1.165) is 6.42 Å². The van der Waals surface area contributed by atoms with E-state index in [1.165, 1.54) is 59.8 Å². The molecule has 0 amide bonds. The third kappa shape index (κ3) is 4.83. The zero-order chi connectivity index (χ0) is 21.5. The van der Waals surface area contributed by atoms with Crippen molar-refractivity contribution in [1.29, 1.82) is 0 Å². The molecule has 0 aliphatic heterocycles. The molecule has 0 nitrogen and oxygen atoms in total. The van der Waals surface area contributed by atoms with E-state index in [-0.39, 0.29) is 51.0 Å². The van der Waals surface area contributed by atoms with E-state index in [0.29, 0.717) is 0 Å². The van der Waals surface area contributed by atoms with Gasteiger partial charge in [0.25, 0.3) is 0 Å². The van der Waals surface area contributed by atoms with Crippen LogP contribution in [0.15, 0.2) is 109 Å². The maximum absolute atomic E-state index is 3.77. The summed E-state index contributed by atoms with van der Waals surface area (Å²) in [4.78, 5) is 0. The van der Waals surface area contributed by atoms with Gasteiger partial charge in [-0.3, -0.25) is 0 Å². The Morgan fingerprint density at radius 2 is 1.34 bits per heavy atom. The summed E-state index contributed by atoms with van der Waals surface area (Å²) in [7, 11) is 0. The van der Waals surface area contributed by atoms with Crippen LogP contribution < -0.4 is 35.3 Å². The van der Waals surface area contributed by atoms with Gasteiger partial charge in [0, 0.05) is 0 Å². The summed E-state index contributed by atoms with van der Waals surface area (Å²) < 4.78 is 0. The predicted molar refractivity (Wildman–Crippen MR) is 133 cm³/mol. The molecular weight excluding hydrogens is 546 g/mol. The summed E-state index contributed by atoms with van der Waals surface area (Å²) in [5, 5.41) is 5.08. The fourth-order valence-electron chi connectivity index (χ4n) is 5.06. The van der Waals surface area contributed by atoms with Gasteiger partial charge in [-0.15, -0.1) is 33.4 Å². The van der Waals surface area contributed by atoms with Crippen molar-refractivity contribution < 1.29 is 51.0 Å². The number of halogens is 2. The van der Waals surface area contributed by atoms with Crippen molar-refractivity contribution in [1.82, 2.24) is 0 Å². The minimum atomic E-state index is 0. The molecule has 0 atom stereocenters. The molecule has 169 valence electrons. The van der Waals surface area contributed by atoms with Gasteiger partial charge in [0.1, 0.15) is 0 Å². The van der Waals surface area contributed by atoms with Gasteiger partial charge in [-0.2, -0.15) is 0 Å². The Bertz CT molecular complexity index is 1590. The van der Waals surface area contributed by atoms with Crippen LogP contribution in [0.25, 0.3) is 17.2 Å². The van der Waals surface area contributed by atoms with E-state index in [1.807, 2.05) is 0 Å². The van der Waals surface area contributed by atoms with Crippen molar-refractivity contribution in [3.8, 4) is 0 Å². The SMILES string of the molecule is Cc1cc2c(c(C3=CC=CC3)c1=C(c1ccccc1)c1ccccc1)[C-]=c1ccccc1=2.[Cl-].[Cl-].[Zr+3]. The maximum atomic E-state index is 3.77. The summed E-state index contributed by atoms with van der Waals surface area (Å²) in [5.41, 5.74) is 8.98. The average molecular weight is 570 g/mol. The molecule has 0 N–H and O–H groups in total. The molecule has 2 aliphatic carbocycles. The number of fused-ring (bicyclic) bond motifs is 2. The van der Waals surface area contributed by atoms with E-state index in [4.69, 9.17) is 0 Å². The Hall–Kier alpha value is -2.44. The van der Waals surface area contributed by atoms with Crippen LogP contribution in [0.4, 0.5) is 0 Å². The van der Waals surface area contributed by atoms with E-state index in [2.05, 4.69) is 122 Å². The van der Waals surface area contributed by atoms with Gasteiger partial charge in [0.15, 0.2) is 0 Å². The largest absolute Gasteiger partial charge is 3.00 e. The zero-order valence-electron chi connectivity index (χ0n) is 19.4. The van der Waals surface area contributed by atoms with Crippen molar-refractivity contribution in [2.75, 3.05) is 0 Å². The number of hydrogen-bond donors (Lipinski definition) is 0. The fourth-order valence-corrected chi connectivity index (χ4v) is 5.06. The molecule has 0 bridgehead atoms. The number of hydrogen-bond acceptors (Lipinski definition) is 0. The second-order valence-electron chi connectivity index (χ2n) is 8.47. The number of rotatable bonds is 3. The van der Waals surface area contributed by atoms with E-state index < -0.39 is 0 Å². The van der Waals surface area contributed by atoms with Crippen molar-refractivity contribution >= 4 is 17.2 Å². The molecule has 4 aromatic carbocycles. The van der Waals surface area contributed by atoms with Gasteiger partial charge in [-0.25, -0.2) is 0 Å². The molecule has 3 heteroatoms. The monoisotopic (exact) mass is 567 g/mol. The molecule has 2 aliphatic rings. The number of allylic oxidation sites excluding steroid dienone is 4.